The van der Waals surface area contributed by atoms with E-state index in [-0.39, 0.29) is 17.6 Å². The Morgan fingerprint density at radius 1 is 1.35 bits per heavy atom. The van der Waals surface area contributed by atoms with Crippen LogP contribution in [0.2, 0.25) is 0 Å². The second kappa shape index (κ2) is 5.12. The van der Waals surface area contributed by atoms with Gasteiger partial charge in [-0.3, -0.25) is 4.79 Å². The van der Waals surface area contributed by atoms with E-state index >= 15 is 0 Å². The fourth-order valence-electron chi connectivity index (χ4n) is 4.08. The molecule has 2 aliphatic carbocycles. The largest absolute Gasteiger partial charge is 0.508 e. The van der Waals surface area contributed by atoms with E-state index in [0.717, 1.165) is 23.6 Å². The number of hydrogen-bond donors (Lipinski definition) is 1. The van der Waals surface area contributed by atoms with Gasteiger partial charge in [-0.05, 0) is 56.6 Å². The Kier molecular flexibility index (Phi) is 3.45. The van der Waals surface area contributed by atoms with Gasteiger partial charge in [-0.2, -0.15) is 0 Å². The minimum absolute atomic E-state index is 0.204. The molecule has 0 heterocycles. The topological polar surface area (TPSA) is 40.5 Å². The van der Waals surface area contributed by atoms with Crippen molar-refractivity contribution in [2.45, 2.75) is 39.5 Å². The smallest absolute Gasteiger partial charge is 0.230 e. The molecule has 3 unspecified atom stereocenters. The lowest BCUT2D eigenvalue weighted by Crippen LogP contribution is -2.38. The van der Waals surface area contributed by atoms with Crippen LogP contribution in [-0.4, -0.2) is 17.6 Å². The monoisotopic (exact) mass is 273 g/mol. The second-order valence-corrected chi connectivity index (χ2v) is 6.33. The van der Waals surface area contributed by atoms with E-state index in [0.29, 0.717) is 12.5 Å². The predicted octanol–water partition coefficient (Wildman–Crippen LogP) is 3.49. The number of hydrogen-bond acceptors (Lipinski definition) is 2. The summed E-state index contributed by atoms with van der Waals surface area (Å²) in [5.74, 6) is 2.06. The Labute approximate surface area is 120 Å². The van der Waals surface area contributed by atoms with E-state index < -0.39 is 0 Å². The van der Waals surface area contributed by atoms with Gasteiger partial charge in [-0.25, -0.2) is 0 Å². The summed E-state index contributed by atoms with van der Waals surface area (Å²) in [4.78, 5) is 14.7. The molecule has 3 heteroatoms. The molecule has 2 bridgehead atoms. The van der Waals surface area contributed by atoms with Crippen molar-refractivity contribution in [3.05, 3.63) is 23.8 Å². The molecule has 0 aromatic heterocycles. The Balaban J connectivity index is 1.86. The number of amides is 1. The standard InChI is InChI=1S/C17H23NO2/c1-3-18(16-10-14(19)7-4-11(16)2)17(20)15-9-12-5-6-13(15)8-12/h4,7,10,12-13,15,19H,3,5-6,8-9H2,1-2H3. The molecule has 2 saturated carbocycles. The molecule has 0 aliphatic heterocycles. The average Bonchev–Trinajstić information content (AvgIpc) is 3.05. The van der Waals surface area contributed by atoms with Crippen LogP contribution < -0.4 is 4.90 Å². The molecular formula is C17H23NO2. The summed E-state index contributed by atoms with van der Waals surface area (Å²) in [6.45, 7) is 4.66. The van der Waals surface area contributed by atoms with Crippen molar-refractivity contribution in [1.82, 2.24) is 0 Å². The van der Waals surface area contributed by atoms with Crippen molar-refractivity contribution in [2.24, 2.45) is 17.8 Å². The second-order valence-electron chi connectivity index (χ2n) is 6.33. The summed E-state index contributed by atoms with van der Waals surface area (Å²) >= 11 is 0. The minimum Gasteiger partial charge on any atom is -0.508 e. The van der Waals surface area contributed by atoms with Crippen LogP contribution >= 0.6 is 0 Å². The molecule has 3 nitrogen and oxygen atoms in total. The van der Waals surface area contributed by atoms with Gasteiger partial charge in [-0.1, -0.05) is 12.5 Å². The van der Waals surface area contributed by atoms with Crippen molar-refractivity contribution >= 4 is 11.6 Å². The van der Waals surface area contributed by atoms with Crippen LogP contribution in [0.3, 0.4) is 0 Å². The number of aromatic hydroxyl groups is 1. The lowest BCUT2D eigenvalue weighted by molar-refractivity contribution is -0.123. The van der Waals surface area contributed by atoms with Gasteiger partial charge in [0.15, 0.2) is 0 Å². The Morgan fingerprint density at radius 3 is 2.75 bits per heavy atom. The number of phenolic OH excluding ortho intramolecular Hbond substituents is 1. The molecule has 2 aliphatic rings. The number of carbonyl (C=O) groups is 1. The van der Waals surface area contributed by atoms with E-state index in [1.165, 1.54) is 19.3 Å². The number of rotatable bonds is 3. The van der Waals surface area contributed by atoms with Gasteiger partial charge in [-0.15, -0.1) is 0 Å². The average molecular weight is 273 g/mol. The first-order valence-electron chi connectivity index (χ1n) is 7.71. The third-order valence-corrected chi connectivity index (χ3v) is 5.12. The van der Waals surface area contributed by atoms with Crippen LogP contribution in [0.4, 0.5) is 5.69 Å². The number of anilines is 1. The van der Waals surface area contributed by atoms with Gasteiger partial charge in [0.1, 0.15) is 5.75 Å². The fourth-order valence-corrected chi connectivity index (χ4v) is 4.08. The van der Waals surface area contributed by atoms with E-state index in [1.807, 2.05) is 24.8 Å². The lowest BCUT2D eigenvalue weighted by Gasteiger charge is -2.29. The molecule has 3 rings (SSSR count). The number of nitrogens with zero attached hydrogens (tertiary/aromatic N) is 1. The summed E-state index contributed by atoms with van der Waals surface area (Å²) < 4.78 is 0. The highest BCUT2D eigenvalue weighted by Crippen LogP contribution is 2.49. The maximum atomic E-state index is 12.9. The van der Waals surface area contributed by atoms with E-state index in [1.54, 1.807) is 12.1 Å². The number of benzene rings is 1. The predicted molar refractivity (Wildman–Crippen MR) is 79.8 cm³/mol. The fraction of sp³-hybridized carbons (Fsp3) is 0.588. The molecule has 0 radical (unpaired) electrons. The van der Waals surface area contributed by atoms with Crippen molar-refractivity contribution < 1.29 is 9.90 Å². The molecule has 0 saturated heterocycles. The summed E-state index contributed by atoms with van der Waals surface area (Å²) in [6, 6.07) is 5.26. The first-order valence-corrected chi connectivity index (χ1v) is 7.71. The summed E-state index contributed by atoms with van der Waals surface area (Å²) in [7, 11) is 0. The summed E-state index contributed by atoms with van der Waals surface area (Å²) in [5.41, 5.74) is 1.90. The van der Waals surface area contributed by atoms with E-state index in [9.17, 15) is 9.90 Å². The van der Waals surface area contributed by atoms with Crippen molar-refractivity contribution in [3.8, 4) is 5.75 Å². The quantitative estimate of drug-likeness (QED) is 0.915. The molecule has 2 fully saturated rings. The van der Waals surface area contributed by atoms with Gasteiger partial charge in [0.2, 0.25) is 5.91 Å². The Morgan fingerprint density at radius 2 is 2.15 bits per heavy atom. The molecular weight excluding hydrogens is 250 g/mol. The van der Waals surface area contributed by atoms with E-state index in [4.69, 9.17) is 0 Å². The number of carbonyl (C=O) groups excluding carboxylic acids is 1. The van der Waals surface area contributed by atoms with E-state index in [2.05, 4.69) is 0 Å². The number of aryl methyl sites for hydroxylation is 1. The maximum absolute atomic E-state index is 12.9. The van der Waals surface area contributed by atoms with Crippen molar-refractivity contribution in [2.75, 3.05) is 11.4 Å². The molecule has 3 atom stereocenters. The highest BCUT2D eigenvalue weighted by atomic mass is 16.3. The van der Waals surface area contributed by atoms with Crippen LogP contribution in [0.1, 0.15) is 38.2 Å². The van der Waals surface area contributed by atoms with Gasteiger partial charge < -0.3 is 10.0 Å². The first-order chi connectivity index (χ1) is 9.60. The molecule has 20 heavy (non-hydrogen) atoms. The van der Waals surface area contributed by atoms with Crippen LogP contribution in [0, 0.1) is 24.7 Å². The first kappa shape index (κ1) is 13.5. The third kappa shape index (κ3) is 2.19. The van der Waals surface area contributed by atoms with Crippen LogP contribution in [0.25, 0.3) is 0 Å². The van der Waals surface area contributed by atoms with Gasteiger partial charge in [0.05, 0.1) is 5.69 Å². The molecule has 1 aromatic rings. The molecule has 1 aromatic carbocycles. The summed E-state index contributed by atoms with van der Waals surface area (Å²) in [5, 5.41) is 9.70. The number of fused-ring (bicyclic) bond motifs is 2. The highest BCUT2D eigenvalue weighted by Gasteiger charge is 2.44. The van der Waals surface area contributed by atoms with Crippen molar-refractivity contribution in [1.29, 1.82) is 0 Å². The maximum Gasteiger partial charge on any atom is 0.230 e. The minimum atomic E-state index is 0.204. The molecule has 108 valence electrons. The van der Waals surface area contributed by atoms with Crippen LogP contribution in [0.15, 0.2) is 18.2 Å². The van der Waals surface area contributed by atoms with Gasteiger partial charge in [0.25, 0.3) is 0 Å². The van der Waals surface area contributed by atoms with Gasteiger partial charge in [0, 0.05) is 18.5 Å². The zero-order valence-electron chi connectivity index (χ0n) is 12.3. The van der Waals surface area contributed by atoms with Crippen LogP contribution in [-0.2, 0) is 4.79 Å². The van der Waals surface area contributed by atoms with Crippen LogP contribution in [0.5, 0.6) is 5.75 Å². The SMILES string of the molecule is CCN(C(=O)C1CC2CCC1C2)c1cc(O)ccc1C. The zero-order valence-corrected chi connectivity index (χ0v) is 12.3. The third-order valence-electron chi connectivity index (χ3n) is 5.12. The van der Waals surface area contributed by atoms with Crippen molar-refractivity contribution in [3.63, 3.8) is 0 Å². The highest BCUT2D eigenvalue weighted by molar-refractivity contribution is 5.96. The molecule has 1 amide bonds. The Bertz CT molecular complexity index is 526. The van der Waals surface area contributed by atoms with Gasteiger partial charge >= 0.3 is 0 Å². The summed E-state index contributed by atoms with van der Waals surface area (Å²) in [6.07, 6.45) is 4.84. The zero-order chi connectivity index (χ0) is 14.3. The normalized spacial score (nSPS) is 27.8. The number of phenols is 1. The molecule has 0 spiro atoms. The lowest BCUT2D eigenvalue weighted by atomic mass is 9.87. The Hall–Kier alpha value is -1.51. The molecule has 1 N–H and O–H groups in total.